The van der Waals surface area contributed by atoms with Gasteiger partial charge in [0.05, 0.1) is 0 Å². The van der Waals surface area contributed by atoms with Crippen molar-refractivity contribution in [3.63, 3.8) is 0 Å². The van der Waals surface area contributed by atoms with Crippen LogP contribution >= 0.6 is 0 Å². The van der Waals surface area contributed by atoms with Gasteiger partial charge in [-0.25, -0.2) is 0 Å². The molecule has 88 valence electrons. The van der Waals surface area contributed by atoms with Crippen molar-refractivity contribution < 1.29 is 19.5 Å². The zero-order valence-electron chi connectivity index (χ0n) is 9.26. The van der Waals surface area contributed by atoms with E-state index in [1.807, 2.05) is 19.1 Å². The Morgan fingerprint density at radius 3 is 2.75 bits per heavy atom. The Morgan fingerprint density at radius 1 is 1.56 bits per heavy atom. The standard InChI is InChI=1S/C12H16O4/c1-2-3-4-8-5-9(14)6-10(8)11(7-13)12(15)16/h2-3,7-8,10-11H,4-6H2,1H3,(H,15,16)/b3-2-/t8-,10-,11?/m0/s1. The van der Waals surface area contributed by atoms with Crippen molar-refractivity contribution in [3.05, 3.63) is 12.2 Å². The van der Waals surface area contributed by atoms with Crippen molar-refractivity contribution in [2.75, 3.05) is 0 Å². The Balaban J connectivity index is 2.78. The van der Waals surface area contributed by atoms with Crippen LogP contribution in [-0.2, 0) is 14.4 Å². The molecule has 0 aromatic heterocycles. The summed E-state index contributed by atoms with van der Waals surface area (Å²) in [5.41, 5.74) is 0. The van der Waals surface area contributed by atoms with Gasteiger partial charge in [-0.3, -0.25) is 9.59 Å². The third-order valence-corrected chi connectivity index (χ3v) is 3.13. The summed E-state index contributed by atoms with van der Waals surface area (Å²) in [6.07, 6.45) is 5.53. The van der Waals surface area contributed by atoms with E-state index in [9.17, 15) is 14.4 Å². The number of hydrogen-bond acceptors (Lipinski definition) is 3. The topological polar surface area (TPSA) is 71.4 Å². The van der Waals surface area contributed by atoms with E-state index in [0.717, 1.165) is 0 Å². The minimum atomic E-state index is -1.12. The highest BCUT2D eigenvalue weighted by molar-refractivity contribution is 5.89. The second-order valence-electron chi connectivity index (χ2n) is 4.18. The van der Waals surface area contributed by atoms with E-state index in [0.29, 0.717) is 19.1 Å². The van der Waals surface area contributed by atoms with Crippen LogP contribution in [0.15, 0.2) is 12.2 Å². The van der Waals surface area contributed by atoms with E-state index >= 15 is 0 Å². The SMILES string of the molecule is C/C=C\C[C@H]1CC(=O)C[C@@H]1C(C=O)C(=O)O. The molecule has 0 spiro atoms. The Hall–Kier alpha value is -1.45. The van der Waals surface area contributed by atoms with Crippen LogP contribution in [0.3, 0.4) is 0 Å². The zero-order valence-corrected chi connectivity index (χ0v) is 9.26. The van der Waals surface area contributed by atoms with E-state index in [4.69, 9.17) is 5.11 Å². The molecule has 1 rings (SSSR count). The van der Waals surface area contributed by atoms with Gasteiger partial charge >= 0.3 is 5.97 Å². The van der Waals surface area contributed by atoms with E-state index in [1.54, 1.807) is 0 Å². The minimum absolute atomic E-state index is 0.00463. The summed E-state index contributed by atoms with van der Waals surface area (Å²) < 4.78 is 0. The predicted molar refractivity (Wildman–Crippen MR) is 57.8 cm³/mol. The third kappa shape index (κ3) is 2.78. The number of rotatable bonds is 5. The maximum Gasteiger partial charge on any atom is 0.314 e. The maximum absolute atomic E-state index is 11.3. The van der Waals surface area contributed by atoms with Gasteiger partial charge in [-0.15, -0.1) is 0 Å². The molecule has 0 amide bonds. The monoisotopic (exact) mass is 224 g/mol. The molecule has 1 aliphatic rings. The number of hydrogen-bond donors (Lipinski definition) is 1. The molecular weight excluding hydrogens is 208 g/mol. The summed E-state index contributed by atoms with van der Waals surface area (Å²) in [5.74, 6) is -2.44. The zero-order chi connectivity index (χ0) is 12.1. The van der Waals surface area contributed by atoms with Crippen molar-refractivity contribution in [1.82, 2.24) is 0 Å². The summed E-state index contributed by atoms with van der Waals surface area (Å²) in [4.78, 5) is 33.0. The molecule has 0 radical (unpaired) electrons. The summed E-state index contributed by atoms with van der Waals surface area (Å²) in [6.45, 7) is 1.88. The lowest BCUT2D eigenvalue weighted by atomic mass is 9.83. The highest BCUT2D eigenvalue weighted by Gasteiger charge is 2.40. The van der Waals surface area contributed by atoms with Gasteiger partial charge in [-0.1, -0.05) is 12.2 Å². The van der Waals surface area contributed by atoms with Crippen molar-refractivity contribution in [1.29, 1.82) is 0 Å². The fraction of sp³-hybridized carbons (Fsp3) is 0.583. The highest BCUT2D eigenvalue weighted by Crippen LogP contribution is 2.36. The van der Waals surface area contributed by atoms with Crippen LogP contribution in [0.4, 0.5) is 0 Å². The van der Waals surface area contributed by atoms with Crippen LogP contribution in [0.25, 0.3) is 0 Å². The molecule has 0 saturated heterocycles. The number of carboxylic acid groups (broad SMARTS) is 1. The maximum atomic E-state index is 11.3. The van der Waals surface area contributed by atoms with Gasteiger partial charge in [0.2, 0.25) is 0 Å². The van der Waals surface area contributed by atoms with Gasteiger partial charge in [0.1, 0.15) is 18.0 Å². The molecule has 3 atom stereocenters. The molecular formula is C12H16O4. The van der Waals surface area contributed by atoms with Crippen LogP contribution in [0.2, 0.25) is 0 Å². The number of carbonyl (C=O) groups excluding carboxylic acids is 2. The molecule has 0 aliphatic heterocycles. The molecule has 1 N–H and O–H groups in total. The number of aldehydes is 1. The van der Waals surface area contributed by atoms with Crippen LogP contribution in [0.1, 0.15) is 26.2 Å². The van der Waals surface area contributed by atoms with Crippen LogP contribution in [0, 0.1) is 17.8 Å². The van der Waals surface area contributed by atoms with Gasteiger partial charge in [0, 0.05) is 12.8 Å². The van der Waals surface area contributed by atoms with Gasteiger partial charge in [0.15, 0.2) is 0 Å². The molecule has 16 heavy (non-hydrogen) atoms. The largest absolute Gasteiger partial charge is 0.481 e. The molecule has 4 nitrogen and oxygen atoms in total. The van der Waals surface area contributed by atoms with Gasteiger partial charge in [-0.2, -0.15) is 0 Å². The fourth-order valence-electron chi connectivity index (χ4n) is 2.29. The minimum Gasteiger partial charge on any atom is -0.481 e. The Morgan fingerprint density at radius 2 is 2.25 bits per heavy atom. The number of carboxylic acids is 1. The van der Waals surface area contributed by atoms with E-state index in [2.05, 4.69) is 0 Å². The molecule has 1 saturated carbocycles. The average Bonchev–Trinajstić information content (AvgIpc) is 2.57. The van der Waals surface area contributed by atoms with E-state index in [-0.39, 0.29) is 24.0 Å². The quantitative estimate of drug-likeness (QED) is 0.436. The molecule has 0 aromatic carbocycles. The van der Waals surface area contributed by atoms with Gasteiger partial charge in [0.25, 0.3) is 0 Å². The lowest BCUT2D eigenvalue weighted by Gasteiger charge is -2.19. The van der Waals surface area contributed by atoms with Gasteiger partial charge in [-0.05, 0) is 25.2 Å². The smallest absolute Gasteiger partial charge is 0.314 e. The van der Waals surface area contributed by atoms with Crippen LogP contribution < -0.4 is 0 Å². The fourth-order valence-corrected chi connectivity index (χ4v) is 2.29. The summed E-state index contributed by atoms with van der Waals surface area (Å²) in [6, 6.07) is 0. The van der Waals surface area contributed by atoms with Gasteiger partial charge < -0.3 is 9.90 Å². The number of carbonyl (C=O) groups is 3. The van der Waals surface area contributed by atoms with E-state index in [1.165, 1.54) is 0 Å². The average molecular weight is 224 g/mol. The summed E-state index contributed by atoms with van der Waals surface area (Å²) >= 11 is 0. The van der Waals surface area contributed by atoms with Crippen molar-refractivity contribution >= 4 is 18.0 Å². The van der Waals surface area contributed by atoms with Crippen molar-refractivity contribution in [2.24, 2.45) is 17.8 Å². The van der Waals surface area contributed by atoms with Crippen LogP contribution in [-0.4, -0.2) is 23.1 Å². The summed E-state index contributed by atoms with van der Waals surface area (Å²) in [5, 5.41) is 8.90. The first-order chi connectivity index (χ1) is 7.60. The second kappa shape index (κ2) is 5.58. The molecule has 0 heterocycles. The van der Waals surface area contributed by atoms with Crippen LogP contribution in [0.5, 0.6) is 0 Å². The summed E-state index contributed by atoms with van der Waals surface area (Å²) in [7, 11) is 0. The molecule has 4 heteroatoms. The number of aliphatic carboxylic acids is 1. The normalized spacial score (nSPS) is 27.2. The Bertz CT molecular complexity index is 319. The number of Topliss-reactive ketones (excluding diaryl/α,β-unsaturated/α-hetero) is 1. The van der Waals surface area contributed by atoms with E-state index < -0.39 is 11.9 Å². The second-order valence-corrected chi connectivity index (χ2v) is 4.18. The molecule has 0 bridgehead atoms. The first-order valence-electron chi connectivity index (χ1n) is 5.41. The molecule has 1 unspecified atom stereocenters. The first kappa shape index (κ1) is 12.6. The van der Waals surface area contributed by atoms with Crippen molar-refractivity contribution in [3.8, 4) is 0 Å². The Labute approximate surface area is 94.3 Å². The third-order valence-electron chi connectivity index (χ3n) is 3.13. The predicted octanol–water partition coefficient (Wildman–Crippen LogP) is 1.45. The molecule has 1 aliphatic carbocycles. The first-order valence-corrected chi connectivity index (χ1v) is 5.41. The molecule has 1 fully saturated rings. The van der Waals surface area contributed by atoms with Crippen molar-refractivity contribution in [2.45, 2.75) is 26.2 Å². The Kier molecular flexibility index (Phi) is 4.40. The highest BCUT2D eigenvalue weighted by atomic mass is 16.4. The molecule has 0 aromatic rings. The lowest BCUT2D eigenvalue weighted by Crippen LogP contribution is -2.27. The number of allylic oxidation sites excluding steroid dienone is 2. The lowest BCUT2D eigenvalue weighted by molar-refractivity contribution is -0.146. The number of ketones is 1.